The van der Waals surface area contributed by atoms with E-state index in [1.807, 2.05) is 0 Å². The summed E-state index contributed by atoms with van der Waals surface area (Å²) in [6.45, 7) is 3.37. The molecule has 0 saturated heterocycles. The van der Waals surface area contributed by atoms with Gasteiger partial charge in [-0.1, -0.05) is 24.3 Å². The Morgan fingerprint density at radius 2 is 1.06 bits per heavy atom. The van der Waals surface area contributed by atoms with Crippen molar-refractivity contribution in [1.82, 2.24) is 0 Å². The predicted molar refractivity (Wildman–Crippen MR) is 118 cm³/mol. The van der Waals surface area contributed by atoms with E-state index in [9.17, 15) is 29.8 Å². The van der Waals surface area contributed by atoms with Crippen molar-refractivity contribution in [2.45, 2.75) is 13.8 Å². The first kappa shape index (κ1) is 22.1. The minimum Gasteiger partial charge on any atom is -0.321 e. The topological polar surface area (TPSA) is 144 Å². The van der Waals surface area contributed by atoms with Crippen LogP contribution >= 0.6 is 0 Å². The van der Waals surface area contributed by atoms with E-state index in [2.05, 4.69) is 10.6 Å². The summed E-state index contributed by atoms with van der Waals surface area (Å²) in [5.41, 5.74) is 1.42. The molecule has 2 N–H and O–H groups in total. The summed E-state index contributed by atoms with van der Waals surface area (Å²) >= 11 is 0. The van der Waals surface area contributed by atoms with E-state index in [4.69, 9.17) is 0 Å². The number of rotatable bonds is 6. The molecule has 0 atom stereocenters. The summed E-state index contributed by atoms with van der Waals surface area (Å²) < 4.78 is 0. The average molecular weight is 434 g/mol. The molecule has 10 heteroatoms. The molecule has 3 aromatic carbocycles. The maximum atomic E-state index is 12.9. The van der Waals surface area contributed by atoms with Crippen LogP contribution in [0.2, 0.25) is 0 Å². The molecule has 0 aliphatic carbocycles. The summed E-state index contributed by atoms with van der Waals surface area (Å²) in [4.78, 5) is 46.7. The summed E-state index contributed by atoms with van der Waals surface area (Å²) in [6, 6.07) is 14.2. The van der Waals surface area contributed by atoms with Crippen molar-refractivity contribution in [1.29, 1.82) is 0 Å². The molecule has 0 aromatic heterocycles. The fourth-order valence-corrected chi connectivity index (χ4v) is 2.97. The zero-order valence-corrected chi connectivity index (χ0v) is 17.1. The highest BCUT2D eigenvalue weighted by atomic mass is 16.6. The fourth-order valence-electron chi connectivity index (χ4n) is 2.97. The van der Waals surface area contributed by atoms with Crippen molar-refractivity contribution in [3.63, 3.8) is 0 Å². The molecule has 3 rings (SSSR count). The summed E-state index contributed by atoms with van der Waals surface area (Å²) in [5, 5.41) is 27.3. The van der Waals surface area contributed by atoms with Crippen LogP contribution in [0.1, 0.15) is 31.8 Å². The number of nitrogens with zero attached hydrogens (tertiary/aromatic N) is 2. The highest BCUT2D eigenvalue weighted by Crippen LogP contribution is 2.25. The second-order valence-electron chi connectivity index (χ2n) is 6.97. The number of nitro benzene ring substituents is 2. The molecular formula is C22H18N4O6. The molecular weight excluding hydrogens is 416 g/mol. The van der Waals surface area contributed by atoms with Gasteiger partial charge in [-0.3, -0.25) is 29.8 Å². The molecule has 0 heterocycles. The Labute approximate surface area is 182 Å². The third-order valence-corrected chi connectivity index (χ3v) is 4.78. The second kappa shape index (κ2) is 9.04. The largest absolute Gasteiger partial charge is 0.321 e. The first-order valence-electron chi connectivity index (χ1n) is 9.39. The van der Waals surface area contributed by atoms with E-state index in [1.54, 1.807) is 26.0 Å². The van der Waals surface area contributed by atoms with Crippen LogP contribution in [0.3, 0.4) is 0 Å². The first-order valence-corrected chi connectivity index (χ1v) is 9.39. The lowest BCUT2D eigenvalue weighted by Crippen LogP contribution is -2.21. The summed E-state index contributed by atoms with van der Waals surface area (Å²) in [7, 11) is 0. The Balaban J connectivity index is 1.89. The first-order chi connectivity index (χ1) is 15.2. The van der Waals surface area contributed by atoms with Crippen LogP contribution in [0.15, 0.2) is 60.7 Å². The molecule has 0 spiro atoms. The number of nitro groups is 2. The van der Waals surface area contributed by atoms with Crippen LogP contribution in [0, 0.1) is 34.1 Å². The Morgan fingerprint density at radius 1 is 0.688 bits per heavy atom. The van der Waals surface area contributed by atoms with Crippen molar-refractivity contribution in [3.05, 3.63) is 103 Å². The maximum absolute atomic E-state index is 12.9. The molecule has 0 aliphatic heterocycles. The number of carbonyl (C=O) groups is 2. The van der Waals surface area contributed by atoms with Gasteiger partial charge in [0.05, 0.1) is 32.3 Å². The standard InChI is InChI=1S/C22H18N4O6/c1-13-7-9-15(25(29)30)11-19(13)23-21(27)17-5-3-4-6-18(17)22(28)24-20-12-16(26(31)32)10-8-14(20)2/h3-12H,1-2H3,(H,23,27)(H,24,28). The Kier molecular flexibility index (Phi) is 6.24. The van der Waals surface area contributed by atoms with Gasteiger partial charge in [0.15, 0.2) is 0 Å². The van der Waals surface area contributed by atoms with Gasteiger partial charge >= 0.3 is 0 Å². The molecule has 0 fully saturated rings. The van der Waals surface area contributed by atoms with Gasteiger partial charge in [0.1, 0.15) is 0 Å². The molecule has 10 nitrogen and oxygen atoms in total. The summed E-state index contributed by atoms with van der Waals surface area (Å²) in [5.74, 6) is -1.26. The number of hydrogen-bond acceptors (Lipinski definition) is 6. The molecule has 0 saturated carbocycles. The van der Waals surface area contributed by atoms with Gasteiger partial charge in [0.2, 0.25) is 0 Å². The third kappa shape index (κ3) is 4.75. The lowest BCUT2D eigenvalue weighted by atomic mass is 10.0. The van der Waals surface area contributed by atoms with Gasteiger partial charge in [-0.05, 0) is 37.1 Å². The van der Waals surface area contributed by atoms with Crippen LogP contribution in [0.4, 0.5) is 22.7 Å². The average Bonchev–Trinajstić information content (AvgIpc) is 2.76. The summed E-state index contributed by atoms with van der Waals surface area (Å²) in [6.07, 6.45) is 0. The molecule has 2 amide bonds. The van der Waals surface area contributed by atoms with Crippen molar-refractivity contribution in [3.8, 4) is 0 Å². The Hall–Kier alpha value is -4.60. The van der Waals surface area contributed by atoms with Gasteiger partial charge in [-0.15, -0.1) is 0 Å². The fraction of sp³-hybridized carbons (Fsp3) is 0.0909. The van der Waals surface area contributed by atoms with E-state index in [0.717, 1.165) is 0 Å². The van der Waals surface area contributed by atoms with E-state index < -0.39 is 21.7 Å². The monoisotopic (exact) mass is 434 g/mol. The highest BCUT2D eigenvalue weighted by Gasteiger charge is 2.20. The number of nitrogens with one attached hydrogen (secondary N) is 2. The lowest BCUT2D eigenvalue weighted by molar-refractivity contribution is -0.385. The quantitative estimate of drug-likeness (QED) is 0.428. The van der Waals surface area contributed by atoms with E-state index in [1.165, 1.54) is 48.5 Å². The van der Waals surface area contributed by atoms with Crippen LogP contribution in [-0.4, -0.2) is 21.7 Å². The van der Waals surface area contributed by atoms with Crippen molar-refractivity contribution < 1.29 is 19.4 Å². The third-order valence-electron chi connectivity index (χ3n) is 4.78. The SMILES string of the molecule is Cc1ccc([N+](=O)[O-])cc1NC(=O)c1ccccc1C(=O)Nc1cc([N+](=O)[O-])ccc1C. The molecule has 3 aromatic rings. The van der Waals surface area contributed by atoms with Gasteiger partial charge in [-0.25, -0.2) is 0 Å². The maximum Gasteiger partial charge on any atom is 0.271 e. The number of benzene rings is 3. The zero-order valence-electron chi connectivity index (χ0n) is 17.1. The van der Waals surface area contributed by atoms with E-state index >= 15 is 0 Å². The highest BCUT2D eigenvalue weighted by molar-refractivity contribution is 6.15. The van der Waals surface area contributed by atoms with E-state index in [0.29, 0.717) is 11.1 Å². The van der Waals surface area contributed by atoms with Gasteiger partial charge in [0.25, 0.3) is 23.2 Å². The minimum atomic E-state index is -0.630. The molecule has 0 unspecified atom stereocenters. The number of anilines is 2. The number of aryl methyl sites for hydroxylation is 2. The molecule has 32 heavy (non-hydrogen) atoms. The number of carbonyl (C=O) groups excluding carboxylic acids is 2. The van der Waals surface area contributed by atoms with Crippen LogP contribution in [-0.2, 0) is 0 Å². The molecule has 162 valence electrons. The second-order valence-corrected chi connectivity index (χ2v) is 6.97. The zero-order chi connectivity index (χ0) is 23.4. The van der Waals surface area contributed by atoms with Crippen molar-refractivity contribution in [2.24, 2.45) is 0 Å². The van der Waals surface area contributed by atoms with Crippen LogP contribution < -0.4 is 10.6 Å². The number of hydrogen-bond donors (Lipinski definition) is 2. The van der Waals surface area contributed by atoms with Crippen molar-refractivity contribution >= 4 is 34.6 Å². The minimum absolute atomic E-state index is 0.0407. The smallest absolute Gasteiger partial charge is 0.271 e. The van der Waals surface area contributed by atoms with Gasteiger partial charge in [-0.2, -0.15) is 0 Å². The number of amides is 2. The van der Waals surface area contributed by atoms with Crippen LogP contribution in [0.5, 0.6) is 0 Å². The van der Waals surface area contributed by atoms with Crippen LogP contribution in [0.25, 0.3) is 0 Å². The Bertz CT molecular complexity index is 1160. The normalized spacial score (nSPS) is 10.3. The Morgan fingerprint density at radius 3 is 1.41 bits per heavy atom. The molecule has 0 bridgehead atoms. The van der Waals surface area contributed by atoms with Crippen molar-refractivity contribution in [2.75, 3.05) is 10.6 Å². The van der Waals surface area contributed by atoms with Gasteiger partial charge < -0.3 is 10.6 Å². The van der Waals surface area contributed by atoms with E-state index in [-0.39, 0.29) is 33.9 Å². The molecule has 0 aliphatic rings. The predicted octanol–water partition coefficient (Wildman–Crippen LogP) is 4.62. The van der Waals surface area contributed by atoms with Gasteiger partial charge in [0, 0.05) is 24.3 Å². The lowest BCUT2D eigenvalue weighted by Gasteiger charge is -2.13. The number of non-ortho nitro benzene ring substituents is 2. The molecule has 0 radical (unpaired) electrons.